The summed E-state index contributed by atoms with van der Waals surface area (Å²) in [5, 5.41) is 10.0. The molecule has 2 atom stereocenters. The molecule has 2 aliphatic rings. The van der Waals surface area contributed by atoms with Gasteiger partial charge in [0.05, 0.1) is 0 Å². The number of aromatic hydroxyl groups is 1. The Balaban J connectivity index is 0.00000120. The van der Waals surface area contributed by atoms with Crippen LogP contribution < -0.4 is 0 Å². The van der Waals surface area contributed by atoms with Gasteiger partial charge in [0.25, 0.3) is 0 Å². The largest absolute Gasteiger partial charge is 0.508 e. The lowest BCUT2D eigenvalue weighted by atomic mass is 9.85. The maximum atomic E-state index is 10.0. The van der Waals surface area contributed by atoms with Crippen LogP contribution in [0.1, 0.15) is 36.8 Å². The molecule has 1 aromatic rings. The topological polar surface area (TPSA) is 23.5 Å². The summed E-state index contributed by atoms with van der Waals surface area (Å²) >= 11 is 0. The monoisotopic (exact) mass is 311 g/mol. The van der Waals surface area contributed by atoms with Gasteiger partial charge in [-0.05, 0) is 55.8 Å². The molecular weight excluding hydrogens is 290 g/mol. The Morgan fingerprint density at radius 2 is 2.22 bits per heavy atom. The molecule has 100 valence electrons. The number of benzene rings is 1. The number of halogens is 1. The highest BCUT2D eigenvalue weighted by Gasteiger charge is 2.37. The molecule has 3 rings (SSSR count). The van der Waals surface area contributed by atoms with Crippen LogP contribution in [0.25, 0.3) is 0 Å². The third-order valence-corrected chi connectivity index (χ3v) is 4.38. The number of fused-ring (bicyclic) bond motifs is 3. The second-order valence-electron chi connectivity index (χ2n) is 5.51. The first-order valence-corrected chi connectivity index (χ1v) is 6.82. The molecule has 1 N–H and O–H groups in total. The molecule has 0 bridgehead atoms. The van der Waals surface area contributed by atoms with Crippen molar-refractivity contribution < 1.29 is 5.11 Å². The van der Waals surface area contributed by atoms with E-state index in [0.717, 1.165) is 12.3 Å². The number of rotatable bonds is 2. The summed E-state index contributed by atoms with van der Waals surface area (Å²) in [4.78, 5) is 2.59. The lowest BCUT2D eigenvalue weighted by Gasteiger charge is -2.35. The van der Waals surface area contributed by atoms with E-state index in [2.05, 4.69) is 17.9 Å². The molecular formula is C15H22BrNO. The van der Waals surface area contributed by atoms with Gasteiger partial charge in [-0.2, -0.15) is 0 Å². The van der Waals surface area contributed by atoms with Gasteiger partial charge in [-0.3, -0.25) is 0 Å². The van der Waals surface area contributed by atoms with E-state index in [1.807, 2.05) is 12.1 Å². The van der Waals surface area contributed by atoms with Gasteiger partial charge >= 0.3 is 0 Å². The molecule has 2 unspecified atom stereocenters. The molecule has 3 heteroatoms. The van der Waals surface area contributed by atoms with Gasteiger partial charge in [-0.1, -0.05) is 19.1 Å². The summed E-state index contributed by atoms with van der Waals surface area (Å²) in [5.41, 5.74) is 2.65. The normalized spacial score (nSPS) is 26.3. The van der Waals surface area contributed by atoms with E-state index in [-0.39, 0.29) is 17.0 Å². The van der Waals surface area contributed by atoms with Crippen molar-refractivity contribution in [1.29, 1.82) is 0 Å². The van der Waals surface area contributed by atoms with Crippen LogP contribution in [0, 0.1) is 5.92 Å². The first-order valence-electron chi connectivity index (χ1n) is 6.82. The molecule has 0 aromatic heterocycles. The number of hydrogen-bond donors (Lipinski definition) is 1. The Hall–Kier alpha value is -0.540. The third-order valence-electron chi connectivity index (χ3n) is 4.38. The minimum atomic E-state index is 0. The Morgan fingerprint density at radius 1 is 1.39 bits per heavy atom. The number of phenols is 1. The molecule has 0 saturated carbocycles. The van der Waals surface area contributed by atoms with Crippen molar-refractivity contribution in [3.8, 4) is 5.75 Å². The van der Waals surface area contributed by atoms with Crippen LogP contribution in [0.3, 0.4) is 0 Å². The SMILES string of the molecule is Br.CCCN1CCC2c3c(O)cccc3CC2C1. The molecule has 18 heavy (non-hydrogen) atoms. The molecule has 0 amide bonds. The van der Waals surface area contributed by atoms with Gasteiger partial charge in [-0.25, -0.2) is 0 Å². The molecule has 0 spiro atoms. The second-order valence-corrected chi connectivity index (χ2v) is 5.51. The molecule has 1 aromatic carbocycles. The fourth-order valence-electron chi connectivity index (χ4n) is 3.70. The lowest BCUT2D eigenvalue weighted by molar-refractivity contribution is 0.162. The fraction of sp³-hybridized carbons (Fsp3) is 0.600. The van der Waals surface area contributed by atoms with Crippen molar-refractivity contribution in [1.82, 2.24) is 4.90 Å². The molecule has 1 saturated heterocycles. The number of hydrogen-bond acceptors (Lipinski definition) is 2. The predicted molar refractivity (Wildman–Crippen MR) is 79.7 cm³/mol. The van der Waals surface area contributed by atoms with Crippen LogP contribution in [-0.4, -0.2) is 29.6 Å². The number of likely N-dealkylation sites (tertiary alicyclic amines) is 1. The van der Waals surface area contributed by atoms with E-state index in [1.54, 1.807) is 0 Å². The highest BCUT2D eigenvalue weighted by atomic mass is 79.9. The van der Waals surface area contributed by atoms with Crippen molar-refractivity contribution in [2.45, 2.75) is 32.1 Å². The second kappa shape index (κ2) is 5.62. The lowest BCUT2D eigenvalue weighted by Crippen LogP contribution is -2.38. The zero-order valence-electron chi connectivity index (χ0n) is 10.9. The maximum absolute atomic E-state index is 10.0. The van der Waals surface area contributed by atoms with Crippen molar-refractivity contribution in [2.24, 2.45) is 5.92 Å². The van der Waals surface area contributed by atoms with E-state index in [4.69, 9.17) is 0 Å². The van der Waals surface area contributed by atoms with Crippen LogP contribution in [0.5, 0.6) is 5.75 Å². The number of phenolic OH excluding ortho intramolecular Hbond substituents is 1. The Labute approximate surface area is 120 Å². The van der Waals surface area contributed by atoms with Crippen LogP contribution in [0.4, 0.5) is 0 Å². The van der Waals surface area contributed by atoms with E-state index in [0.29, 0.717) is 11.7 Å². The van der Waals surface area contributed by atoms with Gasteiger partial charge in [0.15, 0.2) is 0 Å². The highest BCUT2D eigenvalue weighted by Crippen LogP contribution is 2.46. The quantitative estimate of drug-likeness (QED) is 0.905. The van der Waals surface area contributed by atoms with Crippen molar-refractivity contribution in [3.05, 3.63) is 29.3 Å². The van der Waals surface area contributed by atoms with Crippen molar-refractivity contribution in [2.75, 3.05) is 19.6 Å². The summed E-state index contributed by atoms with van der Waals surface area (Å²) in [6.07, 6.45) is 3.62. The van der Waals surface area contributed by atoms with Gasteiger partial charge < -0.3 is 10.0 Å². The molecule has 1 heterocycles. The van der Waals surface area contributed by atoms with Crippen LogP contribution >= 0.6 is 17.0 Å². The molecule has 1 aliphatic carbocycles. The Morgan fingerprint density at radius 3 is 3.00 bits per heavy atom. The summed E-state index contributed by atoms with van der Waals surface area (Å²) in [6.45, 7) is 5.89. The average Bonchev–Trinajstić information content (AvgIpc) is 2.68. The smallest absolute Gasteiger partial charge is 0.119 e. The van der Waals surface area contributed by atoms with Gasteiger partial charge in [-0.15, -0.1) is 17.0 Å². The van der Waals surface area contributed by atoms with Crippen LogP contribution in [0.15, 0.2) is 18.2 Å². The van der Waals surface area contributed by atoms with Gasteiger partial charge in [0.2, 0.25) is 0 Å². The first kappa shape index (κ1) is 13.9. The maximum Gasteiger partial charge on any atom is 0.119 e. The zero-order valence-corrected chi connectivity index (χ0v) is 12.6. The van der Waals surface area contributed by atoms with Crippen molar-refractivity contribution >= 4 is 17.0 Å². The first-order chi connectivity index (χ1) is 8.29. The van der Waals surface area contributed by atoms with E-state index in [1.165, 1.54) is 43.6 Å². The molecule has 2 nitrogen and oxygen atoms in total. The van der Waals surface area contributed by atoms with E-state index < -0.39 is 0 Å². The zero-order chi connectivity index (χ0) is 11.8. The minimum Gasteiger partial charge on any atom is -0.508 e. The van der Waals surface area contributed by atoms with Crippen molar-refractivity contribution in [3.63, 3.8) is 0 Å². The van der Waals surface area contributed by atoms with E-state index >= 15 is 0 Å². The van der Waals surface area contributed by atoms with Crippen LogP contribution in [-0.2, 0) is 6.42 Å². The van der Waals surface area contributed by atoms with Crippen LogP contribution in [0.2, 0.25) is 0 Å². The number of piperidine rings is 1. The van der Waals surface area contributed by atoms with Gasteiger partial charge in [0, 0.05) is 12.1 Å². The summed E-state index contributed by atoms with van der Waals surface area (Å²) in [7, 11) is 0. The number of nitrogens with zero attached hydrogens (tertiary/aromatic N) is 1. The van der Waals surface area contributed by atoms with Gasteiger partial charge in [0.1, 0.15) is 5.75 Å². The summed E-state index contributed by atoms with van der Waals surface area (Å²) in [5.74, 6) is 1.87. The standard InChI is InChI=1S/C15H21NO.BrH/c1-2-7-16-8-6-13-12(10-16)9-11-4-3-5-14(17)15(11)13;/h3-5,12-13,17H,2,6-10H2,1H3;1H. The average molecular weight is 312 g/mol. The fourth-order valence-corrected chi connectivity index (χ4v) is 3.70. The summed E-state index contributed by atoms with van der Waals surface area (Å²) in [6, 6.07) is 6.02. The third kappa shape index (κ3) is 2.30. The minimum absolute atomic E-state index is 0. The summed E-state index contributed by atoms with van der Waals surface area (Å²) < 4.78 is 0. The molecule has 1 fully saturated rings. The molecule has 0 radical (unpaired) electrons. The predicted octanol–water partition coefficient (Wildman–Crippen LogP) is 3.34. The van der Waals surface area contributed by atoms with E-state index in [9.17, 15) is 5.11 Å². The Kier molecular flexibility index (Phi) is 4.33. The highest BCUT2D eigenvalue weighted by molar-refractivity contribution is 8.93. The molecule has 1 aliphatic heterocycles. The Bertz CT molecular complexity index is 421.